The van der Waals surface area contributed by atoms with E-state index in [1.54, 1.807) is 0 Å². The fourth-order valence-corrected chi connectivity index (χ4v) is 7.14. The van der Waals surface area contributed by atoms with Crippen LogP contribution in [0.3, 0.4) is 0 Å². The molecule has 3 atom stereocenters. The number of carbonyl (C=O) groups excluding carboxylic acids is 2. The molecule has 0 aliphatic heterocycles. The standard InChI is InChI=1S/C42H83O10P/c1-3-5-7-9-11-12-13-14-15-16-17-18-19-20-21-22-23-24-25-26-27-28-30-32-34-42(46)52-40(38-51-53(47,48)50-36-39(44)35-43)37-49-41(45)33-31-29-10-8-6-4-2/h39-40,43-44H,3-38H2,1-2H3,(H,47,48). The van der Waals surface area contributed by atoms with E-state index in [-0.39, 0.29) is 19.4 Å². The van der Waals surface area contributed by atoms with Gasteiger partial charge in [-0.2, -0.15) is 0 Å². The summed E-state index contributed by atoms with van der Waals surface area (Å²) in [5.74, 6) is -0.921. The zero-order valence-corrected chi connectivity index (χ0v) is 35.2. The van der Waals surface area contributed by atoms with E-state index in [0.717, 1.165) is 44.9 Å². The molecule has 0 aromatic carbocycles. The number of phosphoric acid groups is 1. The summed E-state index contributed by atoms with van der Waals surface area (Å²) < 4.78 is 32.5. The number of hydrogen-bond donors (Lipinski definition) is 3. The molecule has 53 heavy (non-hydrogen) atoms. The van der Waals surface area contributed by atoms with Crippen molar-refractivity contribution in [1.29, 1.82) is 0 Å². The highest BCUT2D eigenvalue weighted by molar-refractivity contribution is 7.47. The largest absolute Gasteiger partial charge is 0.472 e. The Labute approximate surface area is 324 Å². The smallest absolute Gasteiger partial charge is 0.462 e. The number of aliphatic hydroxyl groups is 2. The van der Waals surface area contributed by atoms with Crippen molar-refractivity contribution in [1.82, 2.24) is 0 Å². The SMILES string of the molecule is CCCCCCCCCCCCCCCCCCCCCCCCCCC(=O)OC(COC(=O)CCCCCCCC)COP(=O)(O)OCC(O)CO. The molecule has 0 rings (SSSR count). The lowest BCUT2D eigenvalue weighted by atomic mass is 10.0. The lowest BCUT2D eigenvalue weighted by Gasteiger charge is -2.20. The van der Waals surface area contributed by atoms with Gasteiger partial charge in [0.15, 0.2) is 6.10 Å². The molecule has 10 nitrogen and oxygen atoms in total. The Morgan fingerprint density at radius 3 is 1.17 bits per heavy atom. The molecule has 0 aliphatic rings. The van der Waals surface area contributed by atoms with Gasteiger partial charge < -0.3 is 24.6 Å². The van der Waals surface area contributed by atoms with Crippen molar-refractivity contribution in [2.24, 2.45) is 0 Å². The summed E-state index contributed by atoms with van der Waals surface area (Å²) in [6.07, 6.45) is 35.5. The first kappa shape index (κ1) is 52.0. The van der Waals surface area contributed by atoms with Crippen LogP contribution in [0.4, 0.5) is 0 Å². The van der Waals surface area contributed by atoms with Crippen LogP contribution in [0, 0.1) is 0 Å². The number of carbonyl (C=O) groups is 2. The molecule has 0 fully saturated rings. The fraction of sp³-hybridized carbons (Fsp3) is 0.952. The molecule has 3 N–H and O–H groups in total. The van der Waals surface area contributed by atoms with Gasteiger partial charge in [0.25, 0.3) is 0 Å². The Kier molecular flexibility index (Phi) is 38.5. The van der Waals surface area contributed by atoms with Crippen molar-refractivity contribution in [3.63, 3.8) is 0 Å². The minimum absolute atomic E-state index is 0.192. The van der Waals surface area contributed by atoms with Gasteiger partial charge in [-0.15, -0.1) is 0 Å². The monoisotopic (exact) mass is 779 g/mol. The first-order chi connectivity index (χ1) is 25.7. The first-order valence-corrected chi connectivity index (χ1v) is 23.5. The molecule has 316 valence electrons. The number of esters is 2. The predicted octanol–water partition coefficient (Wildman–Crippen LogP) is 11.5. The minimum atomic E-state index is -4.60. The molecular formula is C42H83O10P. The van der Waals surface area contributed by atoms with Crippen molar-refractivity contribution < 1.29 is 47.8 Å². The van der Waals surface area contributed by atoms with E-state index in [4.69, 9.17) is 19.1 Å². The molecular weight excluding hydrogens is 695 g/mol. The molecule has 0 aromatic rings. The van der Waals surface area contributed by atoms with Crippen molar-refractivity contribution in [2.45, 2.75) is 232 Å². The van der Waals surface area contributed by atoms with Crippen LogP contribution in [-0.2, 0) is 32.7 Å². The topological polar surface area (TPSA) is 149 Å². The van der Waals surface area contributed by atoms with Gasteiger partial charge in [-0.3, -0.25) is 18.6 Å². The number of rotatable bonds is 42. The minimum Gasteiger partial charge on any atom is -0.462 e. The second kappa shape index (κ2) is 39.2. The molecule has 0 saturated carbocycles. The number of aliphatic hydroxyl groups excluding tert-OH is 2. The highest BCUT2D eigenvalue weighted by atomic mass is 31.2. The number of unbranched alkanes of at least 4 members (excludes halogenated alkanes) is 28. The number of ether oxygens (including phenoxy) is 2. The van der Waals surface area contributed by atoms with E-state index in [1.165, 1.54) is 135 Å². The summed E-state index contributed by atoms with van der Waals surface area (Å²) in [4.78, 5) is 34.7. The van der Waals surface area contributed by atoms with E-state index >= 15 is 0 Å². The van der Waals surface area contributed by atoms with E-state index in [9.17, 15) is 24.2 Å². The van der Waals surface area contributed by atoms with Crippen LogP contribution in [0.2, 0.25) is 0 Å². The highest BCUT2D eigenvalue weighted by Crippen LogP contribution is 2.43. The maximum absolute atomic E-state index is 12.6. The Morgan fingerprint density at radius 2 is 0.811 bits per heavy atom. The third-order valence-electron chi connectivity index (χ3n) is 9.76. The summed E-state index contributed by atoms with van der Waals surface area (Å²) in [7, 11) is -4.60. The molecule has 0 bridgehead atoms. The van der Waals surface area contributed by atoms with E-state index in [1.807, 2.05) is 0 Å². The molecule has 0 amide bonds. The quantitative estimate of drug-likeness (QED) is 0.0310. The van der Waals surface area contributed by atoms with Gasteiger partial charge in [0, 0.05) is 12.8 Å². The molecule has 0 aliphatic carbocycles. The molecule has 3 unspecified atom stereocenters. The van der Waals surface area contributed by atoms with E-state index in [0.29, 0.717) is 12.8 Å². The fourth-order valence-electron chi connectivity index (χ4n) is 6.35. The van der Waals surface area contributed by atoms with Gasteiger partial charge in [-0.05, 0) is 12.8 Å². The molecule has 0 spiro atoms. The third-order valence-corrected chi connectivity index (χ3v) is 10.7. The first-order valence-electron chi connectivity index (χ1n) is 22.0. The zero-order valence-electron chi connectivity index (χ0n) is 34.3. The summed E-state index contributed by atoms with van der Waals surface area (Å²) in [6, 6.07) is 0. The van der Waals surface area contributed by atoms with Crippen LogP contribution in [0.25, 0.3) is 0 Å². The molecule has 0 saturated heterocycles. The third kappa shape index (κ3) is 39.0. The summed E-state index contributed by atoms with van der Waals surface area (Å²) >= 11 is 0. The van der Waals surface area contributed by atoms with Crippen molar-refractivity contribution in [3.05, 3.63) is 0 Å². The van der Waals surface area contributed by atoms with Crippen molar-refractivity contribution in [2.75, 3.05) is 26.4 Å². The Bertz CT molecular complexity index is 858. The van der Waals surface area contributed by atoms with Crippen molar-refractivity contribution in [3.8, 4) is 0 Å². The van der Waals surface area contributed by atoms with Gasteiger partial charge in [0.2, 0.25) is 0 Å². The van der Waals surface area contributed by atoms with Gasteiger partial charge >= 0.3 is 19.8 Å². The summed E-state index contributed by atoms with van der Waals surface area (Å²) in [6.45, 7) is 2.34. The van der Waals surface area contributed by atoms with Crippen LogP contribution in [0.1, 0.15) is 219 Å². The highest BCUT2D eigenvalue weighted by Gasteiger charge is 2.27. The van der Waals surface area contributed by atoms with Crippen LogP contribution >= 0.6 is 7.82 Å². The maximum Gasteiger partial charge on any atom is 0.472 e. The van der Waals surface area contributed by atoms with E-state index < -0.39 is 51.8 Å². The van der Waals surface area contributed by atoms with Crippen LogP contribution in [0.15, 0.2) is 0 Å². The molecule has 11 heteroatoms. The Balaban J connectivity index is 3.98. The van der Waals surface area contributed by atoms with Gasteiger partial charge in [0.05, 0.1) is 19.8 Å². The normalized spacial score (nSPS) is 13.8. The summed E-state index contributed by atoms with van der Waals surface area (Å²) in [5, 5.41) is 18.3. The average Bonchev–Trinajstić information content (AvgIpc) is 3.14. The lowest BCUT2D eigenvalue weighted by Crippen LogP contribution is -2.29. The van der Waals surface area contributed by atoms with E-state index in [2.05, 4.69) is 18.4 Å². The van der Waals surface area contributed by atoms with Gasteiger partial charge in [-0.1, -0.05) is 194 Å². The van der Waals surface area contributed by atoms with Crippen LogP contribution < -0.4 is 0 Å². The maximum atomic E-state index is 12.6. The Hall–Kier alpha value is -1.03. The lowest BCUT2D eigenvalue weighted by molar-refractivity contribution is -0.161. The molecule has 0 radical (unpaired) electrons. The Morgan fingerprint density at radius 1 is 0.491 bits per heavy atom. The van der Waals surface area contributed by atoms with Gasteiger partial charge in [-0.25, -0.2) is 4.57 Å². The summed E-state index contributed by atoms with van der Waals surface area (Å²) in [5.41, 5.74) is 0. The van der Waals surface area contributed by atoms with Gasteiger partial charge in [0.1, 0.15) is 12.7 Å². The predicted molar refractivity (Wildman–Crippen MR) is 215 cm³/mol. The molecule has 0 aromatic heterocycles. The van der Waals surface area contributed by atoms with Crippen LogP contribution in [-0.4, -0.2) is 65.7 Å². The number of hydrogen-bond acceptors (Lipinski definition) is 9. The molecule has 0 heterocycles. The average molecular weight is 779 g/mol. The number of phosphoric ester groups is 1. The van der Waals surface area contributed by atoms with Crippen LogP contribution in [0.5, 0.6) is 0 Å². The zero-order chi connectivity index (χ0) is 39.1. The van der Waals surface area contributed by atoms with Crippen molar-refractivity contribution >= 4 is 19.8 Å². The second-order valence-corrected chi connectivity index (χ2v) is 16.5. The second-order valence-electron chi connectivity index (χ2n) is 15.1.